The van der Waals surface area contributed by atoms with E-state index < -0.39 is 0 Å². The van der Waals surface area contributed by atoms with Crippen LogP contribution in [0.4, 0.5) is 5.69 Å². The Bertz CT molecular complexity index is 445. The summed E-state index contributed by atoms with van der Waals surface area (Å²) in [5.74, 6) is 0. The molecule has 1 aromatic carbocycles. The SMILES string of the molecule is CN(C)c1ccc(C2C(N)CCCCN2C(C)(C)C)cc1. The number of hydrogen-bond donors (Lipinski definition) is 1. The van der Waals surface area contributed by atoms with E-state index in [9.17, 15) is 0 Å². The van der Waals surface area contributed by atoms with Crippen molar-refractivity contribution in [2.24, 2.45) is 5.73 Å². The van der Waals surface area contributed by atoms with Crippen LogP contribution in [0.25, 0.3) is 0 Å². The van der Waals surface area contributed by atoms with Gasteiger partial charge in [-0.25, -0.2) is 0 Å². The second-order valence-electron chi connectivity index (χ2n) is 7.45. The number of nitrogens with two attached hydrogens (primary N) is 1. The Morgan fingerprint density at radius 3 is 2.24 bits per heavy atom. The van der Waals surface area contributed by atoms with E-state index in [1.807, 2.05) is 0 Å². The number of hydrogen-bond acceptors (Lipinski definition) is 3. The summed E-state index contributed by atoms with van der Waals surface area (Å²) < 4.78 is 0. The van der Waals surface area contributed by atoms with Crippen LogP contribution in [0, 0.1) is 0 Å². The minimum atomic E-state index is 0.146. The topological polar surface area (TPSA) is 32.5 Å². The van der Waals surface area contributed by atoms with Crippen LogP contribution in [-0.4, -0.2) is 37.1 Å². The van der Waals surface area contributed by atoms with Crippen LogP contribution in [0.15, 0.2) is 24.3 Å². The largest absolute Gasteiger partial charge is 0.378 e. The van der Waals surface area contributed by atoms with Crippen LogP contribution in [0.5, 0.6) is 0 Å². The zero-order valence-corrected chi connectivity index (χ0v) is 14.3. The van der Waals surface area contributed by atoms with Gasteiger partial charge in [-0.3, -0.25) is 4.90 Å². The number of rotatable bonds is 2. The van der Waals surface area contributed by atoms with Crippen molar-refractivity contribution in [1.82, 2.24) is 4.90 Å². The second-order valence-corrected chi connectivity index (χ2v) is 7.45. The summed E-state index contributed by atoms with van der Waals surface area (Å²) in [5.41, 5.74) is 9.28. The van der Waals surface area contributed by atoms with E-state index in [2.05, 4.69) is 68.9 Å². The third kappa shape index (κ3) is 3.78. The molecule has 0 amide bonds. The fraction of sp³-hybridized carbons (Fsp3) is 0.667. The summed E-state index contributed by atoms with van der Waals surface area (Å²) in [4.78, 5) is 4.73. The molecule has 1 aliphatic heterocycles. The fourth-order valence-electron chi connectivity index (χ4n) is 3.34. The third-order valence-corrected chi connectivity index (χ3v) is 4.54. The summed E-state index contributed by atoms with van der Waals surface area (Å²) in [6.45, 7) is 8.03. The first-order valence-electron chi connectivity index (χ1n) is 8.10. The van der Waals surface area contributed by atoms with Gasteiger partial charge < -0.3 is 10.6 Å². The van der Waals surface area contributed by atoms with Crippen molar-refractivity contribution >= 4 is 5.69 Å². The molecule has 0 saturated carbocycles. The molecule has 0 spiro atoms. The number of likely N-dealkylation sites (tertiary alicyclic amines) is 1. The van der Waals surface area contributed by atoms with Crippen molar-refractivity contribution in [3.05, 3.63) is 29.8 Å². The van der Waals surface area contributed by atoms with Gasteiger partial charge in [0.05, 0.1) is 6.04 Å². The predicted molar refractivity (Wildman–Crippen MR) is 91.8 cm³/mol. The lowest BCUT2D eigenvalue weighted by Gasteiger charge is -2.43. The van der Waals surface area contributed by atoms with E-state index in [1.54, 1.807) is 0 Å². The van der Waals surface area contributed by atoms with Crippen LogP contribution in [-0.2, 0) is 0 Å². The molecule has 1 aromatic rings. The van der Waals surface area contributed by atoms with Crippen molar-refractivity contribution in [2.75, 3.05) is 25.5 Å². The molecule has 3 nitrogen and oxygen atoms in total. The van der Waals surface area contributed by atoms with Gasteiger partial charge in [0, 0.05) is 31.4 Å². The zero-order chi connectivity index (χ0) is 15.6. The molecule has 1 heterocycles. The molecule has 1 fully saturated rings. The van der Waals surface area contributed by atoms with E-state index in [4.69, 9.17) is 5.73 Å². The highest BCUT2D eigenvalue weighted by Gasteiger charge is 2.35. The van der Waals surface area contributed by atoms with Crippen LogP contribution in [0.3, 0.4) is 0 Å². The smallest absolute Gasteiger partial charge is 0.0504 e. The molecule has 2 N–H and O–H groups in total. The number of nitrogens with zero attached hydrogens (tertiary/aromatic N) is 2. The molecule has 2 atom stereocenters. The van der Waals surface area contributed by atoms with E-state index in [0.29, 0.717) is 6.04 Å². The molecule has 0 aliphatic carbocycles. The molecule has 0 aromatic heterocycles. The average Bonchev–Trinajstić information content (AvgIpc) is 2.60. The molecule has 2 unspecified atom stereocenters. The molecular weight excluding hydrogens is 258 g/mol. The molecule has 21 heavy (non-hydrogen) atoms. The maximum atomic E-state index is 6.54. The zero-order valence-electron chi connectivity index (χ0n) is 14.3. The maximum absolute atomic E-state index is 6.54. The molecule has 1 aliphatic rings. The fourth-order valence-corrected chi connectivity index (χ4v) is 3.34. The van der Waals surface area contributed by atoms with Crippen LogP contribution in [0.2, 0.25) is 0 Å². The standard InChI is InChI=1S/C18H31N3/c1-18(2,3)21-13-7-6-8-16(19)17(21)14-9-11-15(12-10-14)20(4)5/h9-12,16-17H,6-8,13,19H2,1-5H3. The van der Waals surface area contributed by atoms with Crippen molar-refractivity contribution < 1.29 is 0 Å². The van der Waals surface area contributed by atoms with E-state index in [-0.39, 0.29) is 11.6 Å². The average molecular weight is 289 g/mol. The van der Waals surface area contributed by atoms with Gasteiger partial charge in [0.1, 0.15) is 0 Å². The Morgan fingerprint density at radius 1 is 1.10 bits per heavy atom. The van der Waals surface area contributed by atoms with Crippen molar-refractivity contribution in [3.8, 4) is 0 Å². The quantitative estimate of drug-likeness (QED) is 0.905. The summed E-state index contributed by atoms with van der Waals surface area (Å²) >= 11 is 0. The first-order chi connectivity index (χ1) is 9.80. The summed E-state index contributed by atoms with van der Waals surface area (Å²) in [6.07, 6.45) is 3.60. The van der Waals surface area contributed by atoms with Crippen molar-refractivity contribution in [3.63, 3.8) is 0 Å². The van der Waals surface area contributed by atoms with E-state index in [0.717, 1.165) is 13.0 Å². The van der Waals surface area contributed by atoms with Gasteiger partial charge in [0.15, 0.2) is 0 Å². The van der Waals surface area contributed by atoms with Crippen LogP contribution in [0.1, 0.15) is 51.6 Å². The second kappa shape index (κ2) is 6.37. The summed E-state index contributed by atoms with van der Waals surface area (Å²) in [6, 6.07) is 9.45. The number of benzene rings is 1. The Balaban J connectivity index is 2.34. The monoisotopic (exact) mass is 289 g/mol. The predicted octanol–water partition coefficient (Wildman–Crippen LogP) is 3.41. The van der Waals surface area contributed by atoms with E-state index in [1.165, 1.54) is 24.1 Å². The lowest BCUT2D eigenvalue weighted by Crippen LogP contribution is -2.49. The molecule has 0 bridgehead atoms. The Labute approximate surface area is 130 Å². The van der Waals surface area contributed by atoms with Crippen molar-refractivity contribution in [1.29, 1.82) is 0 Å². The van der Waals surface area contributed by atoms with Gasteiger partial charge in [-0.05, 0) is 57.9 Å². The maximum Gasteiger partial charge on any atom is 0.0504 e. The highest BCUT2D eigenvalue weighted by Crippen LogP contribution is 2.35. The minimum absolute atomic E-state index is 0.146. The summed E-state index contributed by atoms with van der Waals surface area (Å²) in [7, 11) is 4.15. The van der Waals surface area contributed by atoms with E-state index >= 15 is 0 Å². The van der Waals surface area contributed by atoms with Crippen molar-refractivity contribution in [2.45, 2.75) is 57.7 Å². The van der Waals surface area contributed by atoms with Gasteiger partial charge in [0.2, 0.25) is 0 Å². The van der Waals surface area contributed by atoms with Gasteiger partial charge in [-0.2, -0.15) is 0 Å². The van der Waals surface area contributed by atoms with Crippen LogP contribution >= 0.6 is 0 Å². The van der Waals surface area contributed by atoms with Crippen LogP contribution < -0.4 is 10.6 Å². The molecular formula is C18H31N3. The molecule has 1 saturated heterocycles. The first-order valence-corrected chi connectivity index (χ1v) is 8.10. The normalized spacial score (nSPS) is 24.7. The Hall–Kier alpha value is -1.06. The summed E-state index contributed by atoms with van der Waals surface area (Å²) in [5, 5.41) is 0. The minimum Gasteiger partial charge on any atom is -0.378 e. The van der Waals surface area contributed by atoms with Gasteiger partial charge >= 0.3 is 0 Å². The molecule has 3 heteroatoms. The third-order valence-electron chi connectivity index (χ3n) is 4.54. The van der Waals surface area contributed by atoms with Gasteiger partial charge in [-0.1, -0.05) is 18.6 Å². The first kappa shape index (κ1) is 16.3. The van der Waals surface area contributed by atoms with Gasteiger partial charge in [-0.15, -0.1) is 0 Å². The molecule has 0 radical (unpaired) electrons. The Morgan fingerprint density at radius 2 is 1.71 bits per heavy atom. The highest BCUT2D eigenvalue weighted by atomic mass is 15.2. The molecule has 2 rings (SSSR count). The lowest BCUT2D eigenvalue weighted by molar-refractivity contribution is 0.0755. The lowest BCUT2D eigenvalue weighted by atomic mass is 9.92. The Kier molecular flexibility index (Phi) is 4.95. The molecule has 118 valence electrons. The number of anilines is 1. The van der Waals surface area contributed by atoms with Gasteiger partial charge in [0.25, 0.3) is 0 Å². The highest BCUT2D eigenvalue weighted by molar-refractivity contribution is 5.46.